The molecular formula is C25H30N4O3S. The summed E-state index contributed by atoms with van der Waals surface area (Å²) in [6.07, 6.45) is 1.43. The third kappa shape index (κ3) is 6.61. The Hall–Kier alpha value is -3.26. The van der Waals surface area contributed by atoms with Gasteiger partial charge >= 0.3 is 0 Å². The van der Waals surface area contributed by atoms with E-state index in [4.69, 9.17) is 9.47 Å². The monoisotopic (exact) mass is 466 g/mol. The number of hydrogen-bond donors (Lipinski definition) is 1. The van der Waals surface area contributed by atoms with Gasteiger partial charge in [-0.25, -0.2) is 0 Å². The van der Waals surface area contributed by atoms with Crippen LogP contribution in [0.2, 0.25) is 0 Å². The summed E-state index contributed by atoms with van der Waals surface area (Å²) >= 11 is 1.33. The Labute approximate surface area is 199 Å². The van der Waals surface area contributed by atoms with Crippen molar-refractivity contribution in [1.82, 2.24) is 14.8 Å². The summed E-state index contributed by atoms with van der Waals surface area (Å²) in [5.41, 5.74) is 2.01. The van der Waals surface area contributed by atoms with E-state index in [1.54, 1.807) is 13.2 Å². The van der Waals surface area contributed by atoms with Crippen molar-refractivity contribution in [1.29, 1.82) is 0 Å². The van der Waals surface area contributed by atoms with Crippen molar-refractivity contribution in [2.24, 2.45) is 0 Å². The van der Waals surface area contributed by atoms with Crippen molar-refractivity contribution in [3.05, 3.63) is 72.6 Å². The molecule has 1 amide bonds. The second kappa shape index (κ2) is 11.6. The molecule has 1 atom stereocenters. The number of rotatable bonds is 11. The van der Waals surface area contributed by atoms with Crippen LogP contribution in [0, 0.1) is 0 Å². The number of nitrogens with zero attached hydrogens (tertiary/aromatic N) is 3. The van der Waals surface area contributed by atoms with Gasteiger partial charge in [0.2, 0.25) is 5.91 Å². The van der Waals surface area contributed by atoms with Crippen LogP contribution in [-0.2, 0) is 11.3 Å². The standard InChI is InChI=1S/C25H30N4O3S/c1-6-15-29-24(18(4)32-22-13-11-21(31-5)12-14-22)27-28-25(29)33-16-23(30)26-20-9-7-19(8-10-20)17(2)3/h6-14,17-18H,1,15-16H2,2-5H3,(H,26,30). The lowest BCUT2D eigenvalue weighted by Crippen LogP contribution is -2.15. The van der Waals surface area contributed by atoms with Crippen LogP contribution in [0.3, 0.4) is 0 Å². The fraction of sp³-hybridized carbons (Fsp3) is 0.320. The molecule has 0 radical (unpaired) electrons. The normalized spacial score (nSPS) is 11.8. The minimum Gasteiger partial charge on any atom is -0.497 e. The van der Waals surface area contributed by atoms with E-state index in [0.717, 1.165) is 11.4 Å². The zero-order valence-corrected chi connectivity index (χ0v) is 20.3. The number of nitrogens with one attached hydrogen (secondary N) is 1. The molecule has 0 saturated carbocycles. The first-order valence-corrected chi connectivity index (χ1v) is 11.8. The highest BCUT2D eigenvalue weighted by Crippen LogP contribution is 2.26. The van der Waals surface area contributed by atoms with Gasteiger partial charge in [0.05, 0.1) is 12.9 Å². The Balaban J connectivity index is 1.63. The molecule has 1 heterocycles. The first-order valence-electron chi connectivity index (χ1n) is 10.8. The lowest BCUT2D eigenvalue weighted by atomic mass is 10.0. The van der Waals surface area contributed by atoms with Crippen LogP contribution in [0.5, 0.6) is 11.5 Å². The van der Waals surface area contributed by atoms with Gasteiger partial charge in [0.15, 0.2) is 17.1 Å². The van der Waals surface area contributed by atoms with E-state index in [-0.39, 0.29) is 17.8 Å². The van der Waals surface area contributed by atoms with Gasteiger partial charge < -0.3 is 14.8 Å². The molecule has 0 aliphatic rings. The summed E-state index contributed by atoms with van der Waals surface area (Å²) in [4.78, 5) is 12.5. The molecule has 3 aromatic rings. The van der Waals surface area contributed by atoms with Crippen LogP contribution < -0.4 is 14.8 Å². The summed E-state index contributed by atoms with van der Waals surface area (Å²) in [7, 11) is 1.62. The Morgan fingerprint density at radius 2 is 1.76 bits per heavy atom. The zero-order valence-electron chi connectivity index (χ0n) is 19.4. The van der Waals surface area contributed by atoms with E-state index in [9.17, 15) is 4.79 Å². The van der Waals surface area contributed by atoms with Crippen LogP contribution >= 0.6 is 11.8 Å². The van der Waals surface area contributed by atoms with Crippen molar-refractivity contribution in [3.8, 4) is 11.5 Å². The van der Waals surface area contributed by atoms with Gasteiger partial charge in [0.1, 0.15) is 11.5 Å². The number of carbonyl (C=O) groups is 1. The number of hydrogen-bond acceptors (Lipinski definition) is 6. The molecule has 0 bridgehead atoms. The highest BCUT2D eigenvalue weighted by molar-refractivity contribution is 7.99. The number of methoxy groups -OCH3 is 1. The van der Waals surface area contributed by atoms with Crippen molar-refractivity contribution >= 4 is 23.4 Å². The maximum absolute atomic E-state index is 12.5. The van der Waals surface area contributed by atoms with E-state index >= 15 is 0 Å². The predicted octanol–water partition coefficient (Wildman–Crippen LogP) is 5.47. The quantitative estimate of drug-likeness (QED) is 0.298. The van der Waals surface area contributed by atoms with Gasteiger partial charge in [-0.15, -0.1) is 16.8 Å². The predicted molar refractivity (Wildman–Crippen MR) is 132 cm³/mol. The maximum Gasteiger partial charge on any atom is 0.234 e. The third-order valence-electron chi connectivity index (χ3n) is 4.99. The summed E-state index contributed by atoms with van der Waals surface area (Å²) in [6.45, 7) is 10.5. The number of ether oxygens (including phenoxy) is 2. The smallest absolute Gasteiger partial charge is 0.234 e. The summed E-state index contributed by atoms with van der Waals surface area (Å²) < 4.78 is 13.1. The first-order chi connectivity index (χ1) is 15.9. The molecule has 0 fully saturated rings. The fourth-order valence-electron chi connectivity index (χ4n) is 3.20. The summed E-state index contributed by atoms with van der Waals surface area (Å²) in [5.74, 6) is 2.69. The number of amides is 1. The molecule has 0 aliphatic carbocycles. The second-order valence-corrected chi connectivity index (χ2v) is 8.73. The number of aromatic nitrogens is 3. The highest BCUT2D eigenvalue weighted by atomic mass is 32.2. The third-order valence-corrected chi connectivity index (χ3v) is 5.95. The van der Waals surface area contributed by atoms with Crippen molar-refractivity contribution < 1.29 is 14.3 Å². The molecule has 33 heavy (non-hydrogen) atoms. The zero-order chi connectivity index (χ0) is 23.8. The molecule has 2 aromatic carbocycles. The lowest BCUT2D eigenvalue weighted by Gasteiger charge is -2.16. The molecule has 174 valence electrons. The van der Waals surface area contributed by atoms with Gasteiger partial charge in [-0.3, -0.25) is 9.36 Å². The minimum atomic E-state index is -0.339. The number of allylic oxidation sites excluding steroid dienone is 1. The van der Waals surface area contributed by atoms with Crippen LogP contribution in [-0.4, -0.2) is 33.5 Å². The molecule has 0 saturated heterocycles. The fourth-order valence-corrected chi connectivity index (χ4v) is 3.95. The van der Waals surface area contributed by atoms with Gasteiger partial charge in [-0.1, -0.05) is 43.8 Å². The Morgan fingerprint density at radius 1 is 1.09 bits per heavy atom. The van der Waals surface area contributed by atoms with Crippen molar-refractivity contribution in [2.75, 3.05) is 18.2 Å². The lowest BCUT2D eigenvalue weighted by molar-refractivity contribution is -0.113. The number of benzene rings is 2. The molecule has 1 aromatic heterocycles. The van der Waals surface area contributed by atoms with Crippen molar-refractivity contribution in [3.63, 3.8) is 0 Å². The molecule has 3 rings (SSSR count). The minimum absolute atomic E-state index is 0.102. The molecule has 1 N–H and O–H groups in total. The molecule has 0 aliphatic heterocycles. The first kappa shape index (κ1) is 24.4. The van der Waals surface area contributed by atoms with Crippen LogP contribution in [0.15, 0.2) is 66.3 Å². The topological polar surface area (TPSA) is 78.3 Å². The van der Waals surface area contributed by atoms with Gasteiger partial charge in [0, 0.05) is 12.2 Å². The number of anilines is 1. The van der Waals surface area contributed by atoms with Crippen LogP contribution in [0.1, 0.15) is 44.2 Å². The Bertz CT molecular complexity index is 1060. The molecule has 7 nitrogen and oxygen atoms in total. The summed E-state index contributed by atoms with van der Waals surface area (Å²) in [6, 6.07) is 15.3. The Morgan fingerprint density at radius 3 is 2.36 bits per heavy atom. The van der Waals surface area contributed by atoms with E-state index in [1.165, 1.54) is 17.3 Å². The molecule has 8 heteroatoms. The maximum atomic E-state index is 12.5. The second-order valence-electron chi connectivity index (χ2n) is 7.79. The van der Waals surface area contributed by atoms with Crippen LogP contribution in [0.25, 0.3) is 0 Å². The Kier molecular flexibility index (Phi) is 8.54. The van der Waals surface area contributed by atoms with Crippen LogP contribution in [0.4, 0.5) is 5.69 Å². The average Bonchev–Trinajstić information content (AvgIpc) is 3.21. The number of thioether (sulfide) groups is 1. The van der Waals surface area contributed by atoms with Gasteiger partial charge in [0.25, 0.3) is 0 Å². The van der Waals surface area contributed by atoms with E-state index in [2.05, 4.69) is 35.9 Å². The molecular weight excluding hydrogens is 436 g/mol. The van der Waals surface area contributed by atoms with E-state index in [0.29, 0.717) is 29.2 Å². The SMILES string of the molecule is C=CCn1c(SCC(=O)Nc2ccc(C(C)C)cc2)nnc1C(C)Oc1ccc(OC)cc1. The van der Waals surface area contributed by atoms with E-state index in [1.807, 2.05) is 60.0 Å². The summed E-state index contributed by atoms with van der Waals surface area (Å²) in [5, 5.41) is 12.2. The molecule has 0 spiro atoms. The van der Waals surface area contributed by atoms with Gasteiger partial charge in [-0.2, -0.15) is 0 Å². The average molecular weight is 467 g/mol. The molecule has 1 unspecified atom stereocenters. The van der Waals surface area contributed by atoms with Crippen molar-refractivity contribution in [2.45, 2.75) is 44.5 Å². The highest BCUT2D eigenvalue weighted by Gasteiger charge is 2.20. The number of carbonyl (C=O) groups excluding carboxylic acids is 1. The largest absolute Gasteiger partial charge is 0.497 e. The van der Waals surface area contributed by atoms with E-state index < -0.39 is 0 Å². The van der Waals surface area contributed by atoms with Gasteiger partial charge in [-0.05, 0) is 54.8 Å².